The molecule has 1 fully saturated rings. The van der Waals surface area contributed by atoms with Gasteiger partial charge in [0.2, 0.25) is 0 Å². The first kappa shape index (κ1) is 18.3. The van der Waals surface area contributed by atoms with Crippen LogP contribution in [0.4, 0.5) is 8.78 Å². The van der Waals surface area contributed by atoms with Crippen LogP contribution in [-0.4, -0.2) is 47.8 Å². The molecule has 1 atom stereocenters. The fourth-order valence-corrected chi connectivity index (χ4v) is 3.08. The minimum absolute atomic E-state index is 0.00483. The predicted molar refractivity (Wildman–Crippen MR) is 89.8 cm³/mol. The molecule has 26 heavy (non-hydrogen) atoms. The van der Waals surface area contributed by atoms with E-state index >= 15 is 0 Å². The first-order chi connectivity index (χ1) is 12.6. The topological polar surface area (TPSA) is 67.4 Å². The fourth-order valence-electron chi connectivity index (χ4n) is 3.08. The summed E-state index contributed by atoms with van der Waals surface area (Å²) in [6, 6.07) is 4.68. The second kappa shape index (κ2) is 8.27. The highest BCUT2D eigenvalue weighted by atomic mass is 19.1. The molecule has 3 rings (SSSR count). The normalized spacial score (nSPS) is 17.3. The second-order valence-corrected chi connectivity index (χ2v) is 6.36. The molecule has 0 aliphatic carbocycles. The summed E-state index contributed by atoms with van der Waals surface area (Å²) in [7, 11) is 1.66. The molecule has 8 heteroatoms. The summed E-state index contributed by atoms with van der Waals surface area (Å²) >= 11 is 0. The van der Waals surface area contributed by atoms with Crippen LogP contribution >= 0.6 is 0 Å². The van der Waals surface area contributed by atoms with Crippen LogP contribution < -0.4 is 4.74 Å². The maximum atomic E-state index is 13.6. The number of methoxy groups -OCH3 is 1. The Bertz CT molecular complexity index is 764. The lowest BCUT2D eigenvalue weighted by molar-refractivity contribution is 0.0565. The van der Waals surface area contributed by atoms with E-state index in [2.05, 4.69) is 10.2 Å². The van der Waals surface area contributed by atoms with Crippen LogP contribution in [-0.2, 0) is 11.3 Å². The van der Waals surface area contributed by atoms with Gasteiger partial charge in [0.05, 0.1) is 12.3 Å². The average Bonchev–Trinajstić information content (AvgIpc) is 3.10. The van der Waals surface area contributed by atoms with Crippen molar-refractivity contribution >= 4 is 5.91 Å². The maximum absolute atomic E-state index is 13.6. The molecule has 1 amide bonds. The lowest BCUT2D eigenvalue weighted by Gasteiger charge is -2.31. The molecular weight excluding hydrogens is 344 g/mol. The number of H-pyrrole nitrogens is 1. The summed E-state index contributed by atoms with van der Waals surface area (Å²) < 4.78 is 37.0. The summed E-state index contributed by atoms with van der Waals surface area (Å²) in [5, 5.41) is 6.75. The number of carbonyl (C=O) groups excluding carboxylic acids is 1. The Kier molecular flexibility index (Phi) is 5.82. The zero-order valence-corrected chi connectivity index (χ0v) is 14.5. The summed E-state index contributed by atoms with van der Waals surface area (Å²) in [6.07, 6.45) is 1.98. The Morgan fingerprint density at radius 2 is 2.23 bits per heavy atom. The molecule has 1 aliphatic heterocycles. The number of halogens is 2. The number of rotatable bonds is 6. The van der Waals surface area contributed by atoms with E-state index in [0.717, 1.165) is 25.0 Å². The minimum atomic E-state index is -0.779. The number of nitrogens with one attached hydrogen (secondary N) is 1. The average molecular weight is 365 g/mol. The third kappa shape index (κ3) is 4.37. The van der Waals surface area contributed by atoms with E-state index in [1.807, 2.05) is 0 Å². The number of hydrogen-bond donors (Lipinski definition) is 1. The number of carbonyl (C=O) groups is 1. The number of ether oxygens (including phenoxy) is 2. The molecular formula is C18H21F2N3O3. The lowest BCUT2D eigenvalue weighted by atomic mass is 9.99. The SMILES string of the molecule is COCC1CCCN(C(=O)c2cc(COc3ccc(F)cc3F)[nH]n2)C1. The number of likely N-dealkylation sites (tertiary alicyclic amines) is 1. The van der Waals surface area contributed by atoms with Crippen LogP contribution in [0.2, 0.25) is 0 Å². The third-order valence-electron chi connectivity index (χ3n) is 4.34. The number of amides is 1. The van der Waals surface area contributed by atoms with Crippen LogP contribution in [0.25, 0.3) is 0 Å². The van der Waals surface area contributed by atoms with E-state index in [1.54, 1.807) is 18.1 Å². The zero-order valence-electron chi connectivity index (χ0n) is 14.5. The number of benzene rings is 1. The Morgan fingerprint density at radius 3 is 3.00 bits per heavy atom. The second-order valence-electron chi connectivity index (χ2n) is 6.36. The smallest absolute Gasteiger partial charge is 0.274 e. The van der Waals surface area contributed by atoms with Crippen molar-refractivity contribution in [3.8, 4) is 5.75 Å². The van der Waals surface area contributed by atoms with E-state index in [1.165, 1.54) is 6.07 Å². The van der Waals surface area contributed by atoms with Crippen molar-refractivity contribution in [2.75, 3.05) is 26.8 Å². The summed E-state index contributed by atoms with van der Waals surface area (Å²) in [5.41, 5.74) is 0.823. The van der Waals surface area contributed by atoms with Crippen molar-refractivity contribution in [3.05, 3.63) is 47.3 Å². The number of aromatic nitrogens is 2. The highest BCUT2D eigenvalue weighted by Crippen LogP contribution is 2.20. The van der Waals surface area contributed by atoms with E-state index in [0.29, 0.717) is 37.0 Å². The van der Waals surface area contributed by atoms with E-state index in [4.69, 9.17) is 9.47 Å². The molecule has 2 aromatic rings. The van der Waals surface area contributed by atoms with Gasteiger partial charge in [0.1, 0.15) is 12.4 Å². The van der Waals surface area contributed by atoms with Gasteiger partial charge in [-0.2, -0.15) is 5.10 Å². The molecule has 1 aromatic carbocycles. The molecule has 0 spiro atoms. The van der Waals surface area contributed by atoms with Gasteiger partial charge in [0.25, 0.3) is 5.91 Å². The van der Waals surface area contributed by atoms with Gasteiger partial charge in [0.15, 0.2) is 17.3 Å². The Labute approximate surface area is 150 Å². The molecule has 0 bridgehead atoms. The maximum Gasteiger partial charge on any atom is 0.274 e. The van der Waals surface area contributed by atoms with Gasteiger partial charge in [-0.15, -0.1) is 0 Å². The summed E-state index contributed by atoms with van der Waals surface area (Å²) in [4.78, 5) is 14.4. The lowest BCUT2D eigenvalue weighted by Crippen LogP contribution is -2.41. The van der Waals surface area contributed by atoms with Crippen LogP contribution in [0.5, 0.6) is 5.75 Å². The molecule has 1 aromatic heterocycles. The first-order valence-corrected chi connectivity index (χ1v) is 8.47. The third-order valence-corrected chi connectivity index (χ3v) is 4.34. The monoisotopic (exact) mass is 365 g/mol. The van der Waals surface area contributed by atoms with Gasteiger partial charge < -0.3 is 14.4 Å². The molecule has 140 valence electrons. The van der Waals surface area contributed by atoms with Crippen molar-refractivity contribution in [1.82, 2.24) is 15.1 Å². The van der Waals surface area contributed by atoms with E-state index < -0.39 is 11.6 Å². The van der Waals surface area contributed by atoms with Crippen molar-refractivity contribution in [1.29, 1.82) is 0 Å². The summed E-state index contributed by atoms with van der Waals surface area (Å²) in [6.45, 7) is 1.96. The molecule has 1 aliphatic rings. The minimum Gasteiger partial charge on any atom is -0.484 e. The van der Waals surface area contributed by atoms with Crippen molar-refractivity contribution in [2.45, 2.75) is 19.4 Å². The standard InChI is InChI=1S/C18H21F2N3O3/c1-25-10-12-3-2-6-23(9-12)18(24)16-8-14(21-22-16)11-26-17-5-4-13(19)7-15(17)20/h4-5,7-8,12H,2-3,6,9-11H2,1H3,(H,21,22). The van der Waals surface area contributed by atoms with Crippen LogP contribution in [0.15, 0.2) is 24.3 Å². The Balaban J connectivity index is 1.59. The van der Waals surface area contributed by atoms with E-state index in [-0.39, 0.29) is 18.3 Å². The fraction of sp³-hybridized carbons (Fsp3) is 0.444. The molecule has 0 radical (unpaired) electrons. The summed E-state index contributed by atoms with van der Waals surface area (Å²) in [5.74, 6) is -1.33. The predicted octanol–water partition coefficient (Wildman–Crippen LogP) is 2.77. The van der Waals surface area contributed by atoms with Crippen LogP contribution in [0.1, 0.15) is 29.0 Å². The van der Waals surface area contributed by atoms with Crippen molar-refractivity contribution in [3.63, 3.8) is 0 Å². The van der Waals surface area contributed by atoms with Gasteiger partial charge in [-0.05, 0) is 37.0 Å². The number of nitrogens with zero attached hydrogens (tertiary/aromatic N) is 2. The van der Waals surface area contributed by atoms with Gasteiger partial charge in [-0.1, -0.05) is 0 Å². The molecule has 1 unspecified atom stereocenters. The zero-order chi connectivity index (χ0) is 18.5. The number of aromatic amines is 1. The highest BCUT2D eigenvalue weighted by molar-refractivity contribution is 5.92. The van der Waals surface area contributed by atoms with Gasteiger partial charge in [-0.3, -0.25) is 9.89 Å². The van der Waals surface area contributed by atoms with Gasteiger partial charge >= 0.3 is 0 Å². The van der Waals surface area contributed by atoms with Crippen molar-refractivity contribution in [2.24, 2.45) is 5.92 Å². The Hall–Kier alpha value is -2.48. The van der Waals surface area contributed by atoms with E-state index in [9.17, 15) is 13.6 Å². The van der Waals surface area contributed by atoms with Gasteiger partial charge in [-0.25, -0.2) is 8.78 Å². The van der Waals surface area contributed by atoms with Crippen molar-refractivity contribution < 1.29 is 23.0 Å². The van der Waals surface area contributed by atoms with Crippen LogP contribution in [0.3, 0.4) is 0 Å². The molecule has 6 nitrogen and oxygen atoms in total. The number of piperidine rings is 1. The van der Waals surface area contributed by atoms with Gasteiger partial charge in [0, 0.05) is 26.3 Å². The van der Waals surface area contributed by atoms with Crippen LogP contribution in [0, 0.1) is 17.6 Å². The first-order valence-electron chi connectivity index (χ1n) is 8.47. The Morgan fingerprint density at radius 1 is 1.38 bits per heavy atom. The molecule has 0 saturated carbocycles. The largest absolute Gasteiger partial charge is 0.484 e. The number of hydrogen-bond acceptors (Lipinski definition) is 4. The quantitative estimate of drug-likeness (QED) is 0.855. The molecule has 1 saturated heterocycles. The molecule has 1 N–H and O–H groups in total. The highest BCUT2D eigenvalue weighted by Gasteiger charge is 2.26. The molecule has 2 heterocycles.